The Morgan fingerprint density at radius 2 is 1.96 bits per heavy atom. The molecular formula is C20H17FN4O3. The summed E-state index contributed by atoms with van der Waals surface area (Å²) in [6.45, 7) is 1.79. The first-order valence-electron chi connectivity index (χ1n) is 8.63. The fourth-order valence-corrected chi connectivity index (χ4v) is 3.01. The fraction of sp³-hybridized carbons (Fsp3) is 0.150. The number of rotatable bonds is 4. The number of hydrogen-bond acceptors (Lipinski definition) is 4. The van der Waals surface area contributed by atoms with Crippen LogP contribution in [0.15, 0.2) is 64.3 Å². The van der Waals surface area contributed by atoms with Gasteiger partial charge in [0.15, 0.2) is 0 Å². The van der Waals surface area contributed by atoms with E-state index in [0.717, 1.165) is 0 Å². The number of halogens is 1. The van der Waals surface area contributed by atoms with Crippen molar-refractivity contribution in [2.24, 2.45) is 7.05 Å². The maximum atomic E-state index is 13.2. The van der Waals surface area contributed by atoms with Gasteiger partial charge in [-0.15, -0.1) is 0 Å². The first-order valence-corrected chi connectivity index (χ1v) is 8.63. The van der Waals surface area contributed by atoms with Crippen LogP contribution in [0.5, 0.6) is 0 Å². The normalized spacial score (nSPS) is 12.2. The number of aromatic nitrogens is 3. The Balaban J connectivity index is 1.71. The Hall–Kier alpha value is -3.68. The Morgan fingerprint density at radius 3 is 2.64 bits per heavy atom. The first-order chi connectivity index (χ1) is 13.4. The number of carbonyl (C=O) groups excluding carboxylic acids is 1. The smallest absolute Gasteiger partial charge is 0.294 e. The van der Waals surface area contributed by atoms with E-state index < -0.39 is 5.91 Å². The van der Waals surface area contributed by atoms with Gasteiger partial charge in [-0.2, -0.15) is 0 Å². The minimum Gasteiger partial charge on any atom is -0.467 e. The molecule has 1 atom stereocenters. The molecule has 0 aliphatic heterocycles. The molecule has 0 aliphatic rings. The molecule has 4 aromatic rings. The highest BCUT2D eigenvalue weighted by Gasteiger charge is 2.18. The van der Waals surface area contributed by atoms with Crippen LogP contribution in [0, 0.1) is 5.82 Å². The zero-order valence-electron chi connectivity index (χ0n) is 15.2. The van der Waals surface area contributed by atoms with Gasteiger partial charge >= 0.3 is 0 Å². The van der Waals surface area contributed by atoms with Crippen LogP contribution < -0.4 is 10.9 Å². The number of furan rings is 1. The quantitative estimate of drug-likeness (QED) is 0.590. The molecule has 0 bridgehead atoms. The third kappa shape index (κ3) is 3.09. The van der Waals surface area contributed by atoms with Crippen LogP contribution in [-0.2, 0) is 7.05 Å². The van der Waals surface area contributed by atoms with Gasteiger partial charge in [0.25, 0.3) is 11.5 Å². The molecule has 4 rings (SSSR count). The molecule has 28 heavy (non-hydrogen) atoms. The van der Waals surface area contributed by atoms with Crippen LogP contribution in [-0.4, -0.2) is 19.9 Å². The van der Waals surface area contributed by atoms with E-state index in [9.17, 15) is 14.0 Å². The minimum absolute atomic E-state index is 0.117. The largest absolute Gasteiger partial charge is 0.467 e. The van der Waals surface area contributed by atoms with Gasteiger partial charge in [0.05, 0.1) is 18.0 Å². The molecule has 0 fully saturated rings. The zero-order chi connectivity index (χ0) is 19.8. The highest BCUT2D eigenvalue weighted by molar-refractivity contribution is 5.93. The molecule has 0 aliphatic carbocycles. The van der Waals surface area contributed by atoms with Gasteiger partial charge in [-0.1, -0.05) is 0 Å². The number of carbonyl (C=O) groups is 1. The maximum absolute atomic E-state index is 13.2. The summed E-state index contributed by atoms with van der Waals surface area (Å²) in [6.07, 6.45) is 4.71. The average Bonchev–Trinajstić information content (AvgIpc) is 3.35. The van der Waals surface area contributed by atoms with Crippen LogP contribution in [0.1, 0.15) is 29.2 Å². The zero-order valence-corrected chi connectivity index (χ0v) is 15.2. The predicted molar refractivity (Wildman–Crippen MR) is 100 cm³/mol. The summed E-state index contributed by atoms with van der Waals surface area (Å²) in [7, 11) is 1.61. The van der Waals surface area contributed by atoms with Crippen LogP contribution in [0.4, 0.5) is 4.39 Å². The van der Waals surface area contributed by atoms with E-state index >= 15 is 0 Å². The molecule has 0 saturated carbocycles. The van der Waals surface area contributed by atoms with Gasteiger partial charge in [0, 0.05) is 19.4 Å². The average molecular weight is 380 g/mol. The van der Waals surface area contributed by atoms with Crippen molar-refractivity contribution in [3.05, 3.63) is 82.7 Å². The summed E-state index contributed by atoms with van der Waals surface area (Å²) in [5, 5.41) is 2.79. The van der Waals surface area contributed by atoms with E-state index in [2.05, 4.69) is 10.3 Å². The lowest BCUT2D eigenvalue weighted by atomic mass is 10.1. The molecule has 0 unspecified atom stereocenters. The molecule has 0 saturated heterocycles. The second-order valence-electron chi connectivity index (χ2n) is 6.45. The molecule has 0 spiro atoms. The Morgan fingerprint density at radius 1 is 1.21 bits per heavy atom. The maximum Gasteiger partial charge on any atom is 0.294 e. The number of nitrogens with one attached hydrogen (secondary N) is 1. The first kappa shape index (κ1) is 17.7. The van der Waals surface area contributed by atoms with Crippen LogP contribution in [0.2, 0.25) is 0 Å². The van der Waals surface area contributed by atoms with Gasteiger partial charge in [0.1, 0.15) is 17.3 Å². The molecule has 3 aromatic heterocycles. The van der Waals surface area contributed by atoms with Crippen molar-refractivity contribution in [2.75, 3.05) is 0 Å². The summed E-state index contributed by atoms with van der Waals surface area (Å²) in [6, 6.07) is 8.99. The molecule has 1 amide bonds. The van der Waals surface area contributed by atoms with E-state index in [1.165, 1.54) is 33.6 Å². The van der Waals surface area contributed by atoms with Crippen LogP contribution in [0.25, 0.3) is 16.9 Å². The van der Waals surface area contributed by atoms with Gasteiger partial charge < -0.3 is 14.3 Å². The van der Waals surface area contributed by atoms with E-state index in [-0.39, 0.29) is 28.8 Å². The number of nitrogens with zero attached hydrogens (tertiary/aromatic N) is 3. The Labute approximate surface area is 159 Å². The highest BCUT2D eigenvalue weighted by Crippen LogP contribution is 2.19. The predicted octanol–water partition coefficient (Wildman–Crippen LogP) is 2.92. The van der Waals surface area contributed by atoms with Crippen molar-refractivity contribution in [3.63, 3.8) is 0 Å². The van der Waals surface area contributed by atoms with E-state index in [4.69, 9.17) is 4.42 Å². The SMILES string of the molecule is C[C@@H](NC(=O)c1cn2cc(-c3ccc(F)cc3)n(C)c(=O)c2n1)c1ccco1. The summed E-state index contributed by atoms with van der Waals surface area (Å²) in [5.41, 5.74) is 1.13. The molecule has 0 radical (unpaired) electrons. The van der Waals surface area contributed by atoms with Crippen molar-refractivity contribution >= 4 is 11.6 Å². The summed E-state index contributed by atoms with van der Waals surface area (Å²) >= 11 is 0. The fourth-order valence-electron chi connectivity index (χ4n) is 3.01. The monoisotopic (exact) mass is 380 g/mol. The number of imidazole rings is 1. The molecule has 8 heteroatoms. The number of benzene rings is 1. The van der Waals surface area contributed by atoms with E-state index in [0.29, 0.717) is 17.0 Å². The number of hydrogen-bond donors (Lipinski definition) is 1. The molecule has 1 aromatic carbocycles. The summed E-state index contributed by atoms with van der Waals surface area (Å²) in [5.74, 6) is -0.160. The number of fused-ring (bicyclic) bond motifs is 1. The van der Waals surface area contributed by atoms with Gasteiger partial charge in [-0.25, -0.2) is 9.37 Å². The van der Waals surface area contributed by atoms with Crippen molar-refractivity contribution < 1.29 is 13.6 Å². The molecular weight excluding hydrogens is 363 g/mol. The van der Waals surface area contributed by atoms with Crippen molar-refractivity contribution in [1.82, 2.24) is 19.3 Å². The third-order valence-corrected chi connectivity index (χ3v) is 4.54. The second kappa shape index (κ2) is 6.80. The minimum atomic E-state index is -0.419. The molecule has 142 valence electrons. The third-order valence-electron chi connectivity index (χ3n) is 4.54. The molecule has 1 N–H and O–H groups in total. The van der Waals surface area contributed by atoms with Crippen LogP contribution >= 0.6 is 0 Å². The topological polar surface area (TPSA) is 81.5 Å². The molecule has 7 nitrogen and oxygen atoms in total. The molecule has 3 heterocycles. The van der Waals surface area contributed by atoms with Crippen molar-refractivity contribution in [3.8, 4) is 11.3 Å². The van der Waals surface area contributed by atoms with Crippen molar-refractivity contribution in [2.45, 2.75) is 13.0 Å². The lowest BCUT2D eigenvalue weighted by Crippen LogP contribution is -2.26. The lowest BCUT2D eigenvalue weighted by molar-refractivity contribution is 0.0931. The van der Waals surface area contributed by atoms with Crippen LogP contribution in [0.3, 0.4) is 0 Å². The summed E-state index contributed by atoms with van der Waals surface area (Å²) < 4.78 is 21.4. The van der Waals surface area contributed by atoms with E-state index in [1.54, 1.807) is 44.4 Å². The Bertz CT molecular complexity index is 1210. The van der Waals surface area contributed by atoms with Gasteiger partial charge in [-0.3, -0.25) is 14.0 Å². The number of amides is 1. The van der Waals surface area contributed by atoms with Crippen molar-refractivity contribution in [1.29, 1.82) is 0 Å². The van der Waals surface area contributed by atoms with Gasteiger partial charge in [0.2, 0.25) is 5.65 Å². The second-order valence-corrected chi connectivity index (χ2v) is 6.45. The standard InChI is InChI=1S/C20H17FN4O3/c1-12(17-4-3-9-28-17)22-19(26)15-10-25-11-16(13-5-7-14(21)8-6-13)24(2)20(27)18(25)23-15/h3-12H,1-2H3,(H,22,26)/t12-/m1/s1. The lowest BCUT2D eigenvalue weighted by Gasteiger charge is -2.09. The van der Waals surface area contributed by atoms with Gasteiger partial charge in [-0.05, 0) is 48.9 Å². The Kier molecular flexibility index (Phi) is 4.31. The van der Waals surface area contributed by atoms with E-state index in [1.807, 2.05) is 0 Å². The highest BCUT2D eigenvalue weighted by atomic mass is 19.1. The summed E-state index contributed by atoms with van der Waals surface area (Å²) in [4.78, 5) is 29.4.